The van der Waals surface area contributed by atoms with Gasteiger partial charge in [0.25, 0.3) is 0 Å². The summed E-state index contributed by atoms with van der Waals surface area (Å²) >= 11 is 0. The second-order valence-electron chi connectivity index (χ2n) is 16.4. The largest absolute Gasteiger partial charge is 0.462 e. The summed E-state index contributed by atoms with van der Waals surface area (Å²) in [7, 11) is 0. The summed E-state index contributed by atoms with van der Waals surface area (Å²) in [6, 6.07) is 0. The Balaban J connectivity index is 4.16. The van der Waals surface area contributed by atoms with Crippen LogP contribution < -0.4 is 0 Å². The molecule has 0 amide bonds. The molecule has 6 heteroatoms. The first-order chi connectivity index (χ1) is 28.0. The van der Waals surface area contributed by atoms with Gasteiger partial charge in [-0.05, 0) is 51.4 Å². The minimum Gasteiger partial charge on any atom is -0.462 e. The van der Waals surface area contributed by atoms with Crippen molar-refractivity contribution in [3.8, 4) is 0 Å². The molecule has 0 aromatic carbocycles. The molecular formula is C51H92O6. The molecule has 1 atom stereocenters. The fourth-order valence-electron chi connectivity index (χ4n) is 6.99. The zero-order chi connectivity index (χ0) is 41.5. The normalized spacial score (nSPS) is 12.3. The van der Waals surface area contributed by atoms with Gasteiger partial charge in [-0.1, -0.05) is 218 Å². The molecule has 0 aliphatic heterocycles. The average molecular weight is 801 g/mol. The molecule has 0 rings (SSSR count). The third-order valence-electron chi connectivity index (χ3n) is 10.7. The summed E-state index contributed by atoms with van der Waals surface area (Å²) in [4.78, 5) is 37.6. The topological polar surface area (TPSA) is 78.9 Å². The van der Waals surface area contributed by atoms with E-state index in [1.54, 1.807) is 0 Å². The number of esters is 3. The van der Waals surface area contributed by atoms with Gasteiger partial charge in [-0.3, -0.25) is 14.4 Å². The van der Waals surface area contributed by atoms with Gasteiger partial charge in [-0.15, -0.1) is 0 Å². The second-order valence-corrected chi connectivity index (χ2v) is 16.4. The third-order valence-corrected chi connectivity index (χ3v) is 10.7. The molecule has 332 valence electrons. The molecule has 6 nitrogen and oxygen atoms in total. The van der Waals surface area contributed by atoms with E-state index in [2.05, 4.69) is 57.2 Å². The Bertz CT molecular complexity index is 969. The maximum Gasteiger partial charge on any atom is 0.306 e. The molecule has 0 aliphatic carbocycles. The summed E-state index contributed by atoms with van der Waals surface area (Å²) < 4.78 is 16.6. The van der Waals surface area contributed by atoms with Crippen LogP contribution in [0.3, 0.4) is 0 Å². The maximum atomic E-state index is 12.7. The van der Waals surface area contributed by atoms with Crippen molar-refractivity contribution in [2.45, 2.75) is 258 Å². The number of carbonyl (C=O) groups excluding carboxylic acids is 3. The molecule has 0 aromatic rings. The molecule has 57 heavy (non-hydrogen) atoms. The monoisotopic (exact) mass is 801 g/mol. The zero-order valence-electron chi connectivity index (χ0n) is 37.9. The van der Waals surface area contributed by atoms with E-state index < -0.39 is 6.10 Å². The van der Waals surface area contributed by atoms with Crippen molar-refractivity contribution >= 4 is 17.9 Å². The Morgan fingerprint density at radius 3 is 1.07 bits per heavy atom. The van der Waals surface area contributed by atoms with Crippen LogP contribution in [0.25, 0.3) is 0 Å². The number of allylic oxidation sites excluding steroid dienone is 6. The summed E-state index contributed by atoms with van der Waals surface area (Å²) in [6.07, 6.45) is 53.1. The molecule has 0 radical (unpaired) electrons. The number of rotatable bonds is 44. The molecule has 0 spiro atoms. The maximum absolute atomic E-state index is 12.7. The van der Waals surface area contributed by atoms with Crippen molar-refractivity contribution in [2.75, 3.05) is 13.2 Å². The Labute approximate surface area is 353 Å². The van der Waals surface area contributed by atoms with Crippen molar-refractivity contribution in [2.24, 2.45) is 0 Å². The van der Waals surface area contributed by atoms with Gasteiger partial charge in [0.05, 0.1) is 0 Å². The molecule has 0 saturated carbocycles. The lowest BCUT2D eigenvalue weighted by Gasteiger charge is -2.18. The van der Waals surface area contributed by atoms with E-state index in [4.69, 9.17) is 14.2 Å². The van der Waals surface area contributed by atoms with Crippen molar-refractivity contribution in [1.82, 2.24) is 0 Å². The molecule has 0 saturated heterocycles. The van der Waals surface area contributed by atoms with Crippen LogP contribution >= 0.6 is 0 Å². The van der Waals surface area contributed by atoms with Gasteiger partial charge in [-0.25, -0.2) is 0 Å². The van der Waals surface area contributed by atoms with Crippen molar-refractivity contribution < 1.29 is 28.6 Å². The van der Waals surface area contributed by atoms with Crippen LogP contribution in [0, 0.1) is 0 Å². The highest BCUT2D eigenvalue weighted by atomic mass is 16.6. The number of carbonyl (C=O) groups is 3. The lowest BCUT2D eigenvalue weighted by atomic mass is 10.0. The molecule has 0 heterocycles. The molecule has 1 unspecified atom stereocenters. The molecule has 0 aromatic heterocycles. The number of ether oxygens (including phenoxy) is 3. The van der Waals surface area contributed by atoms with Crippen LogP contribution in [-0.2, 0) is 28.6 Å². The van der Waals surface area contributed by atoms with Crippen LogP contribution in [-0.4, -0.2) is 37.2 Å². The Morgan fingerprint density at radius 2 is 0.684 bits per heavy atom. The Morgan fingerprint density at radius 1 is 0.368 bits per heavy atom. The quantitative estimate of drug-likeness (QED) is 0.0264. The van der Waals surface area contributed by atoms with Gasteiger partial charge < -0.3 is 14.2 Å². The van der Waals surface area contributed by atoms with Gasteiger partial charge in [0.1, 0.15) is 13.2 Å². The van der Waals surface area contributed by atoms with E-state index in [9.17, 15) is 14.4 Å². The molecule has 0 aliphatic rings. The van der Waals surface area contributed by atoms with E-state index in [1.807, 2.05) is 0 Å². The second kappa shape index (κ2) is 46.3. The van der Waals surface area contributed by atoms with E-state index in [0.717, 1.165) is 103 Å². The van der Waals surface area contributed by atoms with Crippen LogP contribution in [0.2, 0.25) is 0 Å². The summed E-state index contributed by atoms with van der Waals surface area (Å²) in [5, 5.41) is 0. The lowest BCUT2D eigenvalue weighted by molar-refractivity contribution is -0.167. The number of unbranched alkanes of at least 4 members (excludes halogenated alkanes) is 27. The van der Waals surface area contributed by atoms with E-state index in [-0.39, 0.29) is 31.1 Å². The standard InChI is InChI=1S/C51H92O6/c1-4-7-10-13-15-17-19-21-23-24-25-26-28-29-31-33-35-38-41-44-50(53)56-47-48(46-55-49(52)43-40-37-12-9-6-3)57-51(54)45-42-39-36-34-32-30-27-22-20-18-16-14-11-8-5-2/h8,11,16,18,22,27,48H,4-7,9-10,12-15,17,19-21,23-26,28-47H2,1-3H3/b11-8-,18-16-,27-22-. The van der Waals surface area contributed by atoms with Crippen LogP contribution in [0.1, 0.15) is 252 Å². The summed E-state index contributed by atoms with van der Waals surface area (Å²) in [5.74, 6) is -0.901. The lowest BCUT2D eigenvalue weighted by Crippen LogP contribution is -2.30. The Kier molecular flexibility index (Phi) is 44.4. The summed E-state index contributed by atoms with van der Waals surface area (Å²) in [6.45, 7) is 6.44. The van der Waals surface area contributed by atoms with Crippen LogP contribution in [0.15, 0.2) is 36.5 Å². The molecule has 0 fully saturated rings. The molecular weight excluding hydrogens is 709 g/mol. The van der Waals surface area contributed by atoms with Crippen molar-refractivity contribution in [1.29, 1.82) is 0 Å². The SMILES string of the molecule is CC/C=C\C/C=C\C/C=C\CCCCCCCC(=O)OC(COC(=O)CCCCCCC)COC(=O)CCCCCCCCCCCCCCCCCCCCC. The molecule has 0 bridgehead atoms. The van der Waals surface area contributed by atoms with Gasteiger partial charge in [0.15, 0.2) is 6.10 Å². The van der Waals surface area contributed by atoms with E-state index >= 15 is 0 Å². The van der Waals surface area contributed by atoms with E-state index in [1.165, 1.54) is 109 Å². The van der Waals surface area contributed by atoms with Crippen molar-refractivity contribution in [3.63, 3.8) is 0 Å². The highest BCUT2D eigenvalue weighted by molar-refractivity contribution is 5.71. The summed E-state index contributed by atoms with van der Waals surface area (Å²) in [5.41, 5.74) is 0. The average Bonchev–Trinajstić information content (AvgIpc) is 3.21. The Hall–Kier alpha value is -2.37. The van der Waals surface area contributed by atoms with Crippen LogP contribution in [0.5, 0.6) is 0 Å². The first-order valence-electron chi connectivity index (χ1n) is 24.5. The third kappa shape index (κ3) is 44.6. The first kappa shape index (κ1) is 54.6. The zero-order valence-corrected chi connectivity index (χ0v) is 37.9. The fraction of sp³-hybridized carbons (Fsp3) is 0.824. The predicted octanol–water partition coefficient (Wildman–Crippen LogP) is 15.8. The first-order valence-corrected chi connectivity index (χ1v) is 24.5. The predicted molar refractivity (Wildman–Crippen MR) is 242 cm³/mol. The highest BCUT2D eigenvalue weighted by Crippen LogP contribution is 2.16. The number of hydrogen-bond donors (Lipinski definition) is 0. The van der Waals surface area contributed by atoms with Gasteiger partial charge in [0.2, 0.25) is 0 Å². The molecule has 0 N–H and O–H groups in total. The number of hydrogen-bond acceptors (Lipinski definition) is 6. The van der Waals surface area contributed by atoms with Crippen LogP contribution in [0.4, 0.5) is 0 Å². The van der Waals surface area contributed by atoms with Gasteiger partial charge >= 0.3 is 17.9 Å². The fourth-order valence-corrected chi connectivity index (χ4v) is 6.99. The van der Waals surface area contributed by atoms with Gasteiger partial charge in [0, 0.05) is 19.3 Å². The van der Waals surface area contributed by atoms with Gasteiger partial charge in [-0.2, -0.15) is 0 Å². The minimum atomic E-state index is -0.773. The smallest absolute Gasteiger partial charge is 0.306 e. The minimum absolute atomic E-state index is 0.0767. The highest BCUT2D eigenvalue weighted by Gasteiger charge is 2.19. The van der Waals surface area contributed by atoms with Crippen molar-refractivity contribution in [3.05, 3.63) is 36.5 Å². The van der Waals surface area contributed by atoms with E-state index in [0.29, 0.717) is 19.3 Å².